The Bertz CT molecular complexity index is 466. The van der Waals surface area contributed by atoms with E-state index in [-0.39, 0.29) is 23.2 Å². The highest BCUT2D eigenvalue weighted by atomic mass is 35.5. The van der Waals surface area contributed by atoms with Crippen molar-refractivity contribution >= 4 is 34.8 Å². The van der Waals surface area contributed by atoms with Gasteiger partial charge in [-0.1, -0.05) is 48.7 Å². The summed E-state index contributed by atoms with van der Waals surface area (Å²) < 4.78 is 1.46. The fraction of sp³-hybridized carbons (Fsp3) is 0.400. The lowest BCUT2D eigenvalue weighted by molar-refractivity contribution is 0.629. The predicted molar refractivity (Wildman–Crippen MR) is 67.4 cm³/mol. The molecule has 0 fully saturated rings. The first-order valence-corrected chi connectivity index (χ1v) is 5.87. The van der Waals surface area contributed by atoms with E-state index in [0.29, 0.717) is 10.9 Å². The number of hydrogen-bond donors (Lipinski definition) is 0. The van der Waals surface area contributed by atoms with Crippen LogP contribution in [0.4, 0.5) is 0 Å². The Morgan fingerprint density at radius 2 is 2.25 bits per heavy atom. The monoisotopic (exact) mass is 280 g/mol. The molecule has 0 amide bonds. The molecule has 0 atom stereocenters. The lowest BCUT2D eigenvalue weighted by atomic mass is 10.2. The zero-order valence-corrected chi connectivity index (χ0v) is 11.1. The zero-order chi connectivity index (χ0) is 12.3. The largest absolute Gasteiger partial charge is 0.291 e. The van der Waals surface area contributed by atoms with E-state index in [1.165, 1.54) is 16.2 Å². The van der Waals surface area contributed by atoms with E-state index in [0.717, 1.165) is 0 Å². The molecule has 6 heteroatoms. The number of nitrogens with zero attached hydrogens (tertiary/aromatic N) is 2. The first kappa shape index (κ1) is 13.6. The van der Waals surface area contributed by atoms with Crippen molar-refractivity contribution in [3.8, 4) is 0 Å². The van der Waals surface area contributed by atoms with Crippen LogP contribution in [0, 0.1) is 0 Å². The number of allylic oxidation sites excluding steroid dienone is 1. The molecular weight excluding hydrogens is 270 g/mol. The van der Waals surface area contributed by atoms with Crippen LogP contribution >= 0.6 is 34.8 Å². The van der Waals surface area contributed by atoms with Gasteiger partial charge in [0.15, 0.2) is 0 Å². The van der Waals surface area contributed by atoms with E-state index in [2.05, 4.69) is 4.98 Å². The highest BCUT2D eigenvalue weighted by molar-refractivity contribution is 6.36. The van der Waals surface area contributed by atoms with Crippen LogP contribution in [0.25, 0.3) is 0 Å². The second-order valence-electron chi connectivity index (χ2n) is 3.57. The molecule has 0 unspecified atom stereocenters. The van der Waals surface area contributed by atoms with Crippen molar-refractivity contribution in [1.29, 1.82) is 0 Å². The summed E-state index contributed by atoms with van der Waals surface area (Å²) in [6.45, 7) is 4.06. The van der Waals surface area contributed by atoms with E-state index in [1.807, 2.05) is 13.8 Å². The first-order chi connectivity index (χ1) is 7.45. The van der Waals surface area contributed by atoms with Gasteiger partial charge in [0.1, 0.15) is 11.0 Å². The predicted octanol–water partition coefficient (Wildman–Crippen LogP) is 3.34. The Labute approximate surface area is 109 Å². The summed E-state index contributed by atoms with van der Waals surface area (Å²) in [6.07, 6.45) is 0. The van der Waals surface area contributed by atoms with Crippen molar-refractivity contribution < 1.29 is 0 Å². The van der Waals surface area contributed by atoms with E-state index >= 15 is 0 Å². The van der Waals surface area contributed by atoms with Crippen molar-refractivity contribution in [3.63, 3.8) is 0 Å². The molecule has 0 aliphatic rings. The van der Waals surface area contributed by atoms with E-state index in [9.17, 15) is 4.79 Å². The maximum Gasteiger partial charge on any atom is 0.255 e. The Hall–Kier alpha value is -0.510. The summed E-state index contributed by atoms with van der Waals surface area (Å²) in [5, 5.41) is 0.561. The van der Waals surface area contributed by atoms with Gasteiger partial charge in [-0.25, -0.2) is 4.98 Å². The summed E-state index contributed by atoms with van der Waals surface area (Å²) in [6, 6.07) is 1.26. The van der Waals surface area contributed by atoms with Gasteiger partial charge >= 0.3 is 0 Å². The van der Waals surface area contributed by atoms with Crippen LogP contribution in [0.15, 0.2) is 21.4 Å². The maximum absolute atomic E-state index is 11.7. The van der Waals surface area contributed by atoms with Gasteiger partial charge in [-0.3, -0.25) is 9.36 Å². The van der Waals surface area contributed by atoms with Crippen LogP contribution in [0.5, 0.6) is 0 Å². The van der Waals surface area contributed by atoms with Crippen LogP contribution in [-0.4, -0.2) is 9.55 Å². The van der Waals surface area contributed by atoms with Gasteiger partial charge in [-0.05, 0) is 0 Å². The van der Waals surface area contributed by atoms with Crippen LogP contribution in [0.2, 0.25) is 5.15 Å². The third kappa shape index (κ3) is 3.24. The topological polar surface area (TPSA) is 34.9 Å². The highest BCUT2D eigenvalue weighted by Gasteiger charge is 2.11. The molecule has 1 aromatic rings. The second-order valence-corrected chi connectivity index (χ2v) is 4.66. The number of rotatable bonds is 3. The zero-order valence-electron chi connectivity index (χ0n) is 8.88. The minimum absolute atomic E-state index is 0.0752. The van der Waals surface area contributed by atoms with Crippen molar-refractivity contribution in [2.24, 2.45) is 0 Å². The molecule has 1 aromatic heterocycles. The second kappa shape index (κ2) is 5.71. The standard InChI is InChI=1S/C10H11Cl3N2O/c1-6(2)10-14-8(13)3-9(16)15(10)5-7(12)4-11/h3-4,6H,5H2,1-2H3. The average Bonchev–Trinajstić information content (AvgIpc) is 2.20. The summed E-state index contributed by atoms with van der Waals surface area (Å²) in [5.74, 6) is 0.667. The fourth-order valence-corrected chi connectivity index (χ4v) is 1.65. The number of halogens is 3. The molecule has 0 radical (unpaired) electrons. The van der Waals surface area contributed by atoms with Crippen LogP contribution in [0.1, 0.15) is 25.6 Å². The summed E-state index contributed by atoms with van der Waals surface area (Å²) >= 11 is 17.0. The molecule has 16 heavy (non-hydrogen) atoms. The number of aromatic nitrogens is 2. The maximum atomic E-state index is 11.7. The van der Waals surface area contributed by atoms with Crippen molar-refractivity contribution in [3.05, 3.63) is 38.0 Å². The minimum atomic E-state index is -0.236. The molecule has 0 saturated heterocycles. The molecular formula is C10H11Cl3N2O. The highest BCUT2D eigenvalue weighted by Crippen LogP contribution is 2.15. The van der Waals surface area contributed by atoms with Crippen molar-refractivity contribution in [1.82, 2.24) is 9.55 Å². The van der Waals surface area contributed by atoms with Crippen molar-refractivity contribution in [2.75, 3.05) is 0 Å². The quantitative estimate of drug-likeness (QED) is 0.797. The van der Waals surface area contributed by atoms with Crippen molar-refractivity contribution in [2.45, 2.75) is 26.3 Å². The summed E-state index contributed by atoms with van der Waals surface area (Å²) in [7, 11) is 0. The Kier molecular flexibility index (Phi) is 4.84. The Morgan fingerprint density at radius 3 is 2.75 bits per heavy atom. The van der Waals surface area contributed by atoms with Gasteiger partial charge in [0, 0.05) is 22.6 Å². The van der Waals surface area contributed by atoms with Gasteiger partial charge in [0.2, 0.25) is 0 Å². The molecule has 1 heterocycles. The lowest BCUT2D eigenvalue weighted by Gasteiger charge is -2.13. The van der Waals surface area contributed by atoms with Crippen LogP contribution in [0.3, 0.4) is 0 Å². The minimum Gasteiger partial charge on any atom is -0.291 e. The van der Waals surface area contributed by atoms with Crippen LogP contribution in [-0.2, 0) is 6.54 Å². The molecule has 3 nitrogen and oxygen atoms in total. The van der Waals surface area contributed by atoms with Gasteiger partial charge in [-0.15, -0.1) is 0 Å². The number of hydrogen-bond acceptors (Lipinski definition) is 2. The molecule has 0 aromatic carbocycles. The molecule has 0 N–H and O–H groups in total. The van der Waals surface area contributed by atoms with E-state index in [1.54, 1.807) is 0 Å². The summed E-state index contributed by atoms with van der Waals surface area (Å²) in [4.78, 5) is 15.8. The molecule has 88 valence electrons. The molecule has 0 bridgehead atoms. The molecule has 1 rings (SSSR count). The van der Waals surface area contributed by atoms with Crippen LogP contribution < -0.4 is 5.56 Å². The van der Waals surface area contributed by atoms with E-state index in [4.69, 9.17) is 34.8 Å². The summed E-state index contributed by atoms with van der Waals surface area (Å²) in [5.41, 5.74) is 0.993. The third-order valence-electron chi connectivity index (χ3n) is 1.95. The molecule has 0 aliphatic carbocycles. The first-order valence-electron chi connectivity index (χ1n) is 4.67. The van der Waals surface area contributed by atoms with Gasteiger partial charge < -0.3 is 0 Å². The molecule has 0 saturated carbocycles. The lowest BCUT2D eigenvalue weighted by Crippen LogP contribution is -2.25. The smallest absolute Gasteiger partial charge is 0.255 e. The van der Waals surface area contributed by atoms with Gasteiger partial charge in [-0.2, -0.15) is 0 Å². The van der Waals surface area contributed by atoms with Gasteiger partial charge in [0.25, 0.3) is 5.56 Å². The van der Waals surface area contributed by atoms with E-state index < -0.39 is 0 Å². The fourth-order valence-electron chi connectivity index (χ4n) is 1.28. The Balaban J connectivity index is 3.30. The average molecular weight is 282 g/mol. The van der Waals surface area contributed by atoms with Gasteiger partial charge in [0.05, 0.1) is 6.54 Å². The SMILES string of the molecule is CC(C)c1nc(Cl)cc(=O)n1CC(Cl)=CCl. The third-order valence-corrected chi connectivity index (χ3v) is 2.75. The Morgan fingerprint density at radius 1 is 1.62 bits per heavy atom. The normalized spacial score (nSPS) is 12.2. The molecule has 0 aliphatic heterocycles. The molecule has 0 spiro atoms.